The molecule has 3 heteroatoms. The Kier molecular flexibility index (Phi) is 5.05. The van der Waals surface area contributed by atoms with Crippen molar-refractivity contribution in [3.8, 4) is 11.5 Å². The maximum Gasteiger partial charge on any atom is 0.149 e. The van der Waals surface area contributed by atoms with Gasteiger partial charge in [-0.15, -0.1) is 0 Å². The van der Waals surface area contributed by atoms with E-state index in [9.17, 15) is 0 Å². The number of nitrogens with two attached hydrogens (primary N) is 1. The Balaban J connectivity index is 2.33. The van der Waals surface area contributed by atoms with E-state index in [0.717, 1.165) is 29.7 Å². The van der Waals surface area contributed by atoms with E-state index in [1.165, 1.54) is 0 Å². The van der Waals surface area contributed by atoms with Crippen molar-refractivity contribution in [1.29, 1.82) is 0 Å². The molecule has 1 atom stereocenters. The molecule has 0 fully saturated rings. The molecular formula is C17H20ClNO. The molecule has 20 heavy (non-hydrogen) atoms. The fraction of sp³-hybridized carbons (Fsp3) is 0.294. The van der Waals surface area contributed by atoms with E-state index in [2.05, 4.69) is 6.92 Å². The summed E-state index contributed by atoms with van der Waals surface area (Å²) >= 11 is 6.29. The number of ether oxygens (including phenoxy) is 1. The smallest absolute Gasteiger partial charge is 0.149 e. The normalized spacial score (nSPS) is 12.2. The quantitative estimate of drug-likeness (QED) is 0.864. The lowest BCUT2D eigenvalue weighted by Gasteiger charge is -2.16. The minimum Gasteiger partial charge on any atom is -0.455 e. The van der Waals surface area contributed by atoms with Gasteiger partial charge in [-0.3, -0.25) is 0 Å². The van der Waals surface area contributed by atoms with Crippen LogP contribution in [0.3, 0.4) is 0 Å². The van der Waals surface area contributed by atoms with Crippen LogP contribution in [0.15, 0.2) is 42.5 Å². The number of hydrogen-bond donors (Lipinski definition) is 1. The average Bonchev–Trinajstić information content (AvgIpc) is 2.44. The summed E-state index contributed by atoms with van der Waals surface area (Å²) in [4.78, 5) is 0. The summed E-state index contributed by atoms with van der Waals surface area (Å²) in [5, 5.41) is 0.619. The molecule has 0 aliphatic heterocycles. The van der Waals surface area contributed by atoms with Crippen molar-refractivity contribution in [2.24, 2.45) is 5.73 Å². The van der Waals surface area contributed by atoms with Crippen molar-refractivity contribution in [2.75, 3.05) is 0 Å². The fourth-order valence-electron chi connectivity index (χ4n) is 2.04. The van der Waals surface area contributed by atoms with Crippen molar-refractivity contribution in [3.05, 3.63) is 58.6 Å². The standard InChI is InChI=1S/C17H20ClNO/c1-3-14(19)11-13-8-6-9-15(18)17(13)20-16-10-5-4-7-12(16)2/h4-10,14H,3,11,19H2,1-2H3. The van der Waals surface area contributed by atoms with Gasteiger partial charge >= 0.3 is 0 Å². The number of aryl methyl sites for hydroxylation is 1. The Labute approximate surface area is 125 Å². The summed E-state index contributed by atoms with van der Waals surface area (Å²) < 4.78 is 6.03. The monoisotopic (exact) mass is 289 g/mol. The lowest BCUT2D eigenvalue weighted by Crippen LogP contribution is -2.21. The van der Waals surface area contributed by atoms with Crippen LogP contribution in [0.5, 0.6) is 11.5 Å². The van der Waals surface area contributed by atoms with Crippen LogP contribution in [0.2, 0.25) is 5.02 Å². The van der Waals surface area contributed by atoms with Gasteiger partial charge in [0, 0.05) is 6.04 Å². The van der Waals surface area contributed by atoms with Gasteiger partial charge in [0.15, 0.2) is 0 Å². The molecule has 2 nitrogen and oxygen atoms in total. The van der Waals surface area contributed by atoms with E-state index in [0.29, 0.717) is 10.8 Å². The number of halogens is 1. The molecule has 0 heterocycles. The molecule has 0 saturated carbocycles. The van der Waals surface area contributed by atoms with Crippen LogP contribution < -0.4 is 10.5 Å². The van der Waals surface area contributed by atoms with Crippen molar-refractivity contribution >= 4 is 11.6 Å². The minimum atomic E-state index is 0.118. The third-order valence-corrected chi connectivity index (χ3v) is 3.66. The molecule has 0 aliphatic carbocycles. The summed E-state index contributed by atoms with van der Waals surface area (Å²) in [7, 11) is 0. The zero-order chi connectivity index (χ0) is 14.5. The molecule has 0 saturated heterocycles. The van der Waals surface area contributed by atoms with Crippen LogP contribution in [0, 0.1) is 6.92 Å². The first-order valence-electron chi connectivity index (χ1n) is 6.88. The summed E-state index contributed by atoms with van der Waals surface area (Å²) in [5.74, 6) is 1.54. The molecule has 0 amide bonds. The highest BCUT2D eigenvalue weighted by atomic mass is 35.5. The molecule has 2 rings (SSSR count). The zero-order valence-corrected chi connectivity index (χ0v) is 12.7. The van der Waals surface area contributed by atoms with Gasteiger partial charge < -0.3 is 10.5 Å². The highest BCUT2D eigenvalue weighted by Crippen LogP contribution is 2.34. The third-order valence-electron chi connectivity index (χ3n) is 3.36. The molecule has 0 radical (unpaired) electrons. The van der Waals surface area contributed by atoms with E-state index in [1.54, 1.807) is 0 Å². The number of rotatable bonds is 5. The fourth-order valence-corrected chi connectivity index (χ4v) is 2.27. The zero-order valence-electron chi connectivity index (χ0n) is 11.9. The summed E-state index contributed by atoms with van der Waals surface area (Å²) in [6.07, 6.45) is 1.69. The highest BCUT2D eigenvalue weighted by Gasteiger charge is 2.13. The largest absolute Gasteiger partial charge is 0.455 e. The van der Waals surface area contributed by atoms with Crippen LogP contribution in [0.25, 0.3) is 0 Å². The molecule has 1 unspecified atom stereocenters. The van der Waals surface area contributed by atoms with Crippen LogP contribution >= 0.6 is 11.6 Å². The van der Waals surface area contributed by atoms with E-state index in [-0.39, 0.29) is 6.04 Å². The molecule has 2 N–H and O–H groups in total. The first-order chi connectivity index (χ1) is 9.61. The predicted octanol–water partition coefficient (Wildman–Crippen LogP) is 4.72. The Morgan fingerprint density at radius 3 is 2.60 bits per heavy atom. The highest BCUT2D eigenvalue weighted by molar-refractivity contribution is 6.32. The van der Waals surface area contributed by atoms with Crippen molar-refractivity contribution in [2.45, 2.75) is 32.7 Å². The average molecular weight is 290 g/mol. The third kappa shape index (κ3) is 3.53. The van der Waals surface area contributed by atoms with Gasteiger partial charge in [-0.05, 0) is 43.0 Å². The summed E-state index contributed by atoms with van der Waals surface area (Å²) in [6, 6.07) is 13.8. The van der Waals surface area contributed by atoms with Crippen LogP contribution in [0.1, 0.15) is 24.5 Å². The van der Waals surface area contributed by atoms with Gasteiger partial charge in [0.1, 0.15) is 11.5 Å². The van der Waals surface area contributed by atoms with E-state index in [1.807, 2.05) is 49.4 Å². The second-order valence-electron chi connectivity index (χ2n) is 4.97. The second kappa shape index (κ2) is 6.78. The lowest BCUT2D eigenvalue weighted by atomic mass is 10.0. The summed E-state index contributed by atoms with van der Waals surface area (Å²) in [6.45, 7) is 4.10. The van der Waals surface area contributed by atoms with Gasteiger partial charge in [-0.2, -0.15) is 0 Å². The Hall–Kier alpha value is -1.51. The molecular weight excluding hydrogens is 270 g/mol. The molecule has 0 aromatic heterocycles. The number of para-hydroxylation sites is 2. The topological polar surface area (TPSA) is 35.2 Å². The Morgan fingerprint density at radius 2 is 1.90 bits per heavy atom. The molecule has 0 aliphatic rings. The van der Waals surface area contributed by atoms with E-state index in [4.69, 9.17) is 22.1 Å². The molecule has 0 bridgehead atoms. The Morgan fingerprint density at radius 1 is 1.15 bits per heavy atom. The number of benzene rings is 2. The van der Waals surface area contributed by atoms with E-state index < -0.39 is 0 Å². The van der Waals surface area contributed by atoms with Gasteiger partial charge in [-0.1, -0.05) is 48.9 Å². The van der Waals surface area contributed by atoms with Crippen molar-refractivity contribution in [1.82, 2.24) is 0 Å². The molecule has 0 spiro atoms. The first-order valence-corrected chi connectivity index (χ1v) is 7.26. The van der Waals surface area contributed by atoms with Crippen molar-refractivity contribution in [3.63, 3.8) is 0 Å². The maximum atomic E-state index is 6.29. The van der Waals surface area contributed by atoms with Crippen LogP contribution in [0.4, 0.5) is 0 Å². The Bertz CT molecular complexity index is 583. The predicted molar refractivity (Wildman–Crippen MR) is 84.7 cm³/mol. The van der Waals surface area contributed by atoms with Crippen LogP contribution in [-0.2, 0) is 6.42 Å². The number of hydrogen-bond acceptors (Lipinski definition) is 2. The minimum absolute atomic E-state index is 0.118. The van der Waals surface area contributed by atoms with Gasteiger partial charge in [0.2, 0.25) is 0 Å². The van der Waals surface area contributed by atoms with Gasteiger partial charge in [-0.25, -0.2) is 0 Å². The lowest BCUT2D eigenvalue weighted by molar-refractivity contribution is 0.469. The molecule has 2 aromatic carbocycles. The van der Waals surface area contributed by atoms with E-state index >= 15 is 0 Å². The molecule has 2 aromatic rings. The molecule has 106 valence electrons. The van der Waals surface area contributed by atoms with Gasteiger partial charge in [0.25, 0.3) is 0 Å². The van der Waals surface area contributed by atoms with Crippen molar-refractivity contribution < 1.29 is 4.74 Å². The maximum absolute atomic E-state index is 6.29. The summed E-state index contributed by atoms with van der Waals surface area (Å²) in [5.41, 5.74) is 8.18. The van der Waals surface area contributed by atoms with Gasteiger partial charge in [0.05, 0.1) is 5.02 Å². The van der Waals surface area contributed by atoms with Crippen LogP contribution in [-0.4, -0.2) is 6.04 Å². The SMILES string of the molecule is CCC(N)Cc1cccc(Cl)c1Oc1ccccc1C. The second-order valence-corrected chi connectivity index (χ2v) is 5.38. The first kappa shape index (κ1) is 14.9.